The largest absolute Gasteiger partial charge is 0.496 e. The number of para-hydroxylation sites is 1. The number of nitrogens with one attached hydrogen (secondary N) is 2. The zero-order valence-corrected chi connectivity index (χ0v) is 19.2. The van der Waals surface area contributed by atoms with Gasteiger partial charge in [0.1, 0.15) is 5.75 Å². The second-order valence-electron chi connectivity index (χ2n) is 7.16. The normalized spacial score (nSPS) is 10.6. The van der Waals surface area contributed by atoms with Gasteiger partial charge in [0.2, 0.25) is 5.91 Å². The second kappa shape index (κ2) is 11.2. The van der Waals surface area contributed by atoms with E-state index in [1.165, 1.54) is 29.7 Å². The minimum Gasteiger partial charge on any atom is -0.496 e. The summed E-state index contributed by atoms with van der Waals surface area (Å²) < 4.78 is 12.5. The molecule has 2 aromatic carbocycles. The third-order valence-electron chi connectivity index (χ3n) is 4.92. The molecule has 0 unspecified atom stereocenters. The molecule has 174 valence electrons. The van der Waals surface area contributed by atoms with E-state index in [-0.39, 0.29) is 17.4 Å². The fourth-order valence-corrected chi connectivity index (χ4v) is 4.04. The SMILES string of the molecule is COc1ccccc1-c1nnc(SCC(=O)NNC(=O)c2ccco2)n1CCc1ccccc1. The van der Waals surface area contributed by atoms with Gasteiger partial charge in [0.05, 0.1) is 24.7 Å². The van der Waals surface area contributed by atoms with Crippen LogP contribution in [-0.2, 0) is 17.8 Å². The van der Waals surface area contributed by atoms with Gasteiger partial charge in [-0.05, 0) is 36.2 Å². The number of thioether (sulfide) groups is 1. The van der Waals surface area contributed by atoms with Crippen LogP contribution < -0.4 is 15.6 Å². The van der Waals surface area contributed by atoms with E-state index < -0.39 is 5.91 Å². The number of methoxy groups -OCH3 is 1. The lowest BCUT2D eigenvalue weighted by atomic mass is 10.1. The zero-order chi connectivity index (χ0) is 23.8. The molecule has 10 heteroatoms. The van der Waals surface area contributed by atoms with Crippen molar-refractivity contribution in [2.24, 2.45) is 0 Å². The smallest absolute Gasteiger partial charge is 0.305 e. The van der Waals surface area contributed by atoms with Crippen molar-refractivity contribution < 1.29 is 18.7 Å². The first kappa shape index (κ1) is 23.1. The number of carbonyl (C=O) groups excluding carboxylic acids is 2. The standard InChI is InChI=1S/C24H23N5O4S/c1-32-19-11-6-5-10-18(19)22-26-28-24(29(22)14-13-17-8-3-2-4-9-17)34-16-21(30)25-27-23(31)20-12-7-15-33-20/h2-12,15H,13-14,16H2,1H3,(H,25,30)(H,27,31). The summed E-state index contributed by atoms with van der Waals surface area (Å²) in [5.74, 6) is 0.561. The minimum atomic E-state index is -0.534. The Balaban J connectivity index is 1.47. The van der Waals surface area contributed by atoms with E-state index in [0.717, 1.165) is 12.0 Å². The molecule has 2 aromatic heterocycles. The summed E-state index contributed by atoms with van der Waals surface area (Å²) >= 11 is 1.23. The van der Waals surface area contributed by atoms with Crippen LogP contribution in [0.3, 0.4) is 0 Å². The van der Waals surface area contributed by atoms with E-state index in [4.69, 9.17) is 9.15 Å². The van der Waals surface area contributed by atoms with Crippen molar-refractivity contribution in [1.82, 2.24) is 25.6 Å². The van der Waals surface area contributed by atoms with Gasteiger partial charge >= 0.3 is 5.91 Å². The highest BCUT2D eigenvalue weighted by atomic mass is 32.2. The van der Waals surface area contributed by atoms with Crippen molar-refractivity contribution in [3.63, 3.8) is 0 Å². The highest BCUT2D eigenvalue weighted by Crippen LogP contribution is 2.31. The molecule has 2 N–H and O–H groups in total. The third-order valence-corrected chi connectivity index (χ3v) is 5.89. The van der Waals surface area contributed by atoms with Crippen LogP contribution in [0.4, 0.5) is 0 Å². The van der Waals surface area contributed by atoms with Crippen LogP contribution >= 0.6 is 11.8 Å². The van der Waals surface area contributed by atoms with Crippen LogP contribution in [0.25, 0.3) is 11.4 Å². The molecule has 2 heterocycles. The number of amides is 2. The van der Waals surface area contributed by atoms with E-state index in [0.29, 0.717) is 23.3 Å². The van der Waals surface area contributed by atoms with Crippen LogP contribution in [0.15, 0.2) is 82.6 Å². The molecule has 2 amide bonds. The molecule has 0 saturated carbocycles. The lowest BCUT2D eigenvalue weighted by molar-refractivity contribution is -0.119. The number of hydrogen-bond donors (Lipinski definition) is 2. The molecule has 0 aliphatic carbocycles. The molecule has 4 rings (SSSR count). The van der Waals surface area contributed by atoms with Gasteiger partial charge in [-0.2, -0.15) is 0 Å². The number of furan rings is 1. The number of hydrogen-bond acceptors (Lipinski definition) is 7. The van der Waals surface area contributed by atoms with Crippen molar-refractivity contribution >= 4 is 23.6 Å². The van der Waals surface area contributed by atoms with Gasteiger partial charge in [-0.3, -0.25) is 20.4 Å². The average molecular weight is 478 g/mol. The van der Waals surface area contributed by atoms with Gasteiger partial charge in [-0.25, -0.2) is 0 Å². The predicted molar refractivity (Wildman–Crippen MR) is 127 cm³/mol. The number of nitrogens with zero attached hydrogens (tertiary/aromatic N) is 3. The van der Waals surface area contributed by atoms with Gasteiger partial charge < -0.3 is 13.7 Å². The molecule has 0 atom stereocenters. The molecule has 4 aromatic rings. The Bertz CT molecular complexity index is 1240. The van der Waals surface area contributed by atoms with Gasteiger partial charge in [0, 0.05) is 6.54 Å². The molecule has 0 aliphatic rings. The maximum absolute atomic E-state index is 12.3. The number of aromatic nitrogens is 3. The van der Waals surface area contributed by atoms with Crippen molar-refractivity contribution in [2.45, 2.75) is 18.1 Å². The summed E-state index contributed by atoms with van der Waals surface area (Å²) in [4.78, 5) is 24.2. The van der Waals surface area contributed by atoms with Gasteiger partial charge in [0.15, 0.2) is 16.7 Å². The van der Waals surface area contributed by atoms with Crippen LogP contribution in [0.1, 0.15) is 16.1 Å². The summed E-state index contributed by atoms with van der Waals surface area (Å²) in [7, 11) is 1.61. The summed E-state index contributed by atoms with van der Waals surface area (Å²) in [6.45, 7) is 0.615. The van der Waals surface area contributed by atoms with Crippen LogP contribution in [0, 0.1) is 0 Å². The Morgan fingerprint density at radius 3 is 2.56 bits per heavy atom. The number of aryl methyl sites for hydroxylation is 1. The Labute approximate surface area is 200 Å². The number of ether oxygens (including phenoxy) is 1. The minimum absolute atomic E-state index is 0.0355. The maximum atomic E-state index is 12.3. The Kier molecular flexibility index (Phi) is 7.61. The molecule has 0 bridgehead atoms. The van der Waals surface area contributed by atoms with Crippen LogP contribution in [-0.4, -0.2) is 39.4 Å². The van der Waals surface area contributed by atoms with Crippen molar-refractivity contribution in [2.75, 3.05) is 12.9 Å². The lowest BCUT2D eigenvalue weighted by Crippen LogP contribution is -2.42. The van der Waals surface area contributed by atoms with E-state index in [2.05, 4.69) is 33.2 Å². The fraction of sp³-hybridized carbons (Fsp3) is 0.167. The van der Waals surface area contributed by atoms with E-state index in [1.807, 2.05) is 47.0 Å². The Morgan fingerprint density at radius 2 is 1.79 bits per heavy atom. The molecule has 0 radical (unpaired) electrons. The molecular weight excluding hydrogens is 454 g/mol. The van der Waals surface area contributed by atoms with Crippen LogP contribution in [0.5, 0.6) is 5.75 Å². The van der Waals surface area contributed by atoms with Gasteiger partial charge in [-0.1, -0.05) is 54.2 Å². The van der Waals surface area contributed by atoms with Crippen molar-refractivity contribution in [3.8, 4) is 17.1 Å². The summed E-state index contributed by atoms with van der Waals surface area (Å²) in [6.07, 6.45) is 2.15. The van der Waals surface area contributed by atoms with Gasteiger partial charge in [-0.15, -0.1) is 10.2 Å². The van der Waals surface area contributed by atoms with E-state index in [9.17, 15) is 9.59 Å². The fourth-order valence-electron chi connectivity index (χ4n) is 3.27. The highest BCUT2D eigenvalue weighted by Gasteiger charge is 2.19. The van der Waals surface area contributed by atoms with Crippen molar-refractivity contribution in [3.05, 3.63) is 84.3 Å². The van der Waals surface area contributed by atoms with E-state index >= 15 is 0 Å². The summed E-state index contributed by atoms with van der Waals surface area (Å²) in [5, 5.41) is 9.30. The number of hydrazine groups is 1. The lowest BCUT2D eigenvalue weighted by Gasteiger charge is -2.12. The number of carbonyl (C=O) groups is 2. The summed E-state index contributed by atoms with van der Waals surface area (Å²) in [5.41, 5.74) is 6.69. The zero-order valence-electron chi connectivity index (χ0n) is 18.4. The monoisotopic (exact) mass is 477 g/mol. The molecule has 0 spiro atoms. The number of rotatable bonds is 9. The first-order valence-electron chi connectivity index (χ1n) is 10.5. The van der Waals surface area contributed by atoms with Crippen molar-refractivity contribution in [1.29, 1.82) is 0 Å². The maximum Gasteiger partial charge on any atom is 0.305 e. The van der Waals surface area contributed by atoms with Crippen LogP contribution in [0.2, 0.25) is 0 Å². The molecule has 9 nitrogen and oxygen atoms in total. The number of benzene rings is 2. The molecule has 0 fully saturated rings. The average Bonchev–Trinajstić information content (AvgIpc) is 3.56. The molecule has 34 heavy (non-hydrogen) atoms. The first-order valence-corrected chi connectivity index (χ1v) is 11.5. The first-order chi connectivity index (χ1) is 16.7. The van der Waals surface area contributed by atoms with Gasteiger partial charge in [0.25, 0.3) is 0 Å². The van der Waals surface area contributed by atoms with E-state index in [1.54, 1.807) is 13.2 Å². The molecule has 0 saturated heterocycles. The highest BCUT2D eigenvalue weighted by molar-refractivity contribution is 7.99. The Morgan fingerprint density at radius 1 is 1.00 bits per heavy atom. The predicted octanol–water partition coefficient (Wildman–Crippen LogP) is 3.34. The Hall–Kier alpha value is -4.05. The molecular formula is C24H23N5O4S. The topological polar surface area (TPSA) is 111 Å². The summed E-state index contributed by atoms with van der Waals surface area (Å²) in [6, 6.07) is 20.8. The third kappa shape index (κ3) is 5.65. The second-order valence-corrected chi connectivity index (χ2v) is 8.10. The molecule has 0 aliphatic heterocycles. The quantitative estimate of drug-likeness (QED) is 0.281.